The molecule has 0 aromatic carbocycles. The Kier molecular flexibility index (Phi) is 1.71. The largest absolute Gasteiger partial charge is 0.0879 e. The van der Waals surface area contributed by atoms with Crippen LogP contribution in [0.25, 0.3) is 0 Å². The Bertz CT molecular complexity index is 303. The number of fused-ring (bicyclic) bond motifs is 8. The molecule has 0 nitrogen and oxygen atoms in total. The minimum atomic E-state index is 1.02. The van der Waals surface area contributed by atoms with Crippen molar-refractivity contribution >= 4 is 0 Å². The van der Waals surface area contributed by atoms with Gasteiger partial charge >= 0.3 is 0 Å². The Labute approximate surface area is 93.1 Å². The minimum absolute atomic E-state index is 1.02. The van der Waals surface area contributed by atoms with Crippen molar-refractivity contribution in [1.82, 2.24) is 0 Å². The summed E-state index contributed by atoms with van der Waals surface area (Å²) >= 11 is 0. The number of hydrogen-bond acceptors (Lipinski definition) is 0. The van der Waals surface area contributed by atoms with Crippen LogP contribution in [-0.4, -0.2) is 0 Å². The van der Waals surface area contributed by atoms with Crippen molar-refractivity contribution in [2.24, 2.45) is 41.4 Å². The number of rotatable bonds is 0. The SMILES string of the molecule is CC1CCC2C3CC(C4CC=CC34)C2C1. The third kappa shape index (κ3) is 1.04. The van der Waals surface area contributed by atoms with Crippen molar-refractivity contribution < 1.29 is 0 Å². The van der Waals surface area contributed by atoms with Crippen LogP contribution >= 0.6 is 0 Å². The molecule has 0 saturated heterocycles. The fraction of sp³-hybridized carbons (Fsp3) is 0.867. The molecule has 4 rings (SSSR count). The molecule has 82 valence electrons. The second-order valence-electron chi connectivity index (χ2n) is 6.71. The van der Waals surface area contributed by atoms with E-state index in [1.807, 2.05) is 0 Å². The van der Waals surface area contributed by atoms with Crippen LogP contribution in [0.15, 0.2) is 12.2 Å². The zero-order valence-electron chi connectivity index (χ0n) is 9.73. The van der Waals surface area contributed by atoms with Gasteiger partial charge in [-0.25, -0.2) is 0 Å². The van der Waals surface area contributed by atoms with Gasteiger partial charge in [0.2, 0.25) is 0 Å². The number of hydrogen-bond donors (Lipinski definition) is 0. The summed E-state index contributed by atoms with van der Waals surface area (Å²) in [6, 6.07) is 0. The van der Waals surface area contributed by atoms with E-state index in [1.165, 1.54) is 12.8 Å². The van der Waals surface area contributed by atoms with E-state index in [2.05, 4.69) is 19.1 Å². The highest BCUT2D eigenvalue weighted by atomic mass is 14.6. The Morgan fingerprint density at radius 1 is 0.867 bits per heavy atom. The van der Waals surface area contributed by atoms with Crippen LogP contribution < -0.4 is 0 Å². The molecule has 0 amide bonds. The first-order valence-corrected chi connectivity index (χ1v) is 7.01. The predicted molar refractivity (Wildman–Crippen MR) is 62.3 cm³/mol. The van der Waals surface area contributed by atoms with E-state index < -0.39 is 0 Å². The van der Waals surface area contributed by atoms with Crippen molar-refractivity contribution in [3.8, 4) is 0 Å². The highest BCUT2D eigenvalue weighted by Gasteiger charge is 2.58. The van der Waals surface area contributed by atoms with Crippen LogP contribution in [0.1, 0.15) is 39.0 Å². The average molecular weight is 202 g/mol. The topological polar surface area (TPSA) is 0 Å². The van der Waals surface area contributed by atoms with Gasteiger partial charge in [-0.2, -0.15) is 0 Å². The predicted octanol–water partition coefficient (Wildman–Crippen LogP) is 3.88. The molecule has 0 aliphatic heterocycles. The van der Waals surface area contributed by atoms with Crippen molar-refractivity contribution in [1.29, 1.82) is 0 Å². The molecular weight excluding hydrogens is 180 g/mol. The van der Waals surface area contributed by atoms with Crippen LogP contribution in [0.5, 0.6) is 0 Å². The minimum Gasteiger partial charge on any atom is -0.0879 e. The average Bonchev–Trinajstić information content (AvgIpc) is 2.86. The summed E-state index contributed by atoms with van der Waals surface area (Å²) in [5, 5.41) is 0. The molecule has 3 fully saturated rings. The molecule has 15 heavy (non-hydrogen) atoms. The monoisotopic (exact) mass is 202 g/mol. The summed E-state index contributed by atoms with van der Waals surface area (Å²) in [7, 11) is 0. The van der Waals surface area contributed by atoms with E-state index in [-0.39, 0.29) is 0 Å². The second kappa shape index (κ2) is 2.90. The standard InChI is InChI=1S/C15H22/c1-9-5-6-12-13(7-9)15-8-14(12)10-3-2-4-11(10)15/h2-3,9-15H,4-8H2,1H3. The van der Waals surface area contributed by atoms with Gasteiger partial charge in [0.15, 0.2) is 0 Å². The van der Waals surface area contributed by atoms with E-state index >= 15 is 0 Å². The lowest BCUT2D eigenvalue weighted by Crippen LogP contribution is -2.36. The second-order valence-corrected chi connectivity index (χ2v) is 6.71. The Hall–Kier alpha value is -0.260. The van der Waals surface area contributed by atoms with Crippen molar-refractivity contribution in [2.45, 2.75) is 39.0 Å². The first kappa shape index (κ1) is 8.84. The first-order chi connectivity index (χ1) is 7.34. The molecular formula is C15H22. The zero-order chi connectivity index (χ0) is 9.99. The van der Waals surface area contributed by atoms with Crippen LogP contribution in [0.4, 0.5) is 0 Å². The van der Waals surface area contributed by atoms with Crippen LogP contribution in [0, 0.1) is 41.4 Å². The Morgan fingerprint density at radius 3 is 2.67 bits per heavy atom. The maximum atomic E-state index is 2.57. The van der Waals surface area contributed by atoms with E-state index in [0.717, 1.165) is 41.4 Å². The molecule has 0 aromatic heterocycles. The molecule has 0 heteroatoms. The maximum absolute atomic E-state index is 2.57. The molecule has 4 aliphatic rings. The van der Waals surface area contributed by atoms with Gasteiger partial charge in [-0.05, 0) is 67.1 Å². The highest BCUT2D eigenvalue weighted by molar-refractivity contribution is 5.16. The lowest BCUT2D eigenvalue weighted by atomic mass is 9.62. The van der Waals surface area contributed by atoms with Crippen molar-refractivity contribution in [3.05, 3.63) is 12.2 Å². The molecule has 3 saturated carbocycles. The Balaban J connectivity index is 1.66. The maximum Gasteiger partial charge on any atom is -0.0168 e. The fourth-order valence-corrected chi connectivity index (χ4v) is 5.68. The van der Waals surface area contributed by atoms with E-state index in [9.17, 15) is 0 Å². The molecule has 0 heterocycles. The van der Waals surface area contributed by atoms with E-state index in [4.69, 9.17) is 0 Å². The lowest BCUT2D eigenvalue weighted by molar-refractivity contribution is 0.0702. The molecule has 7 unspecified atom stereocenters. The van der Waals surface area contributed by atoms with Crippen molar-refractivity contribution in [3.63, 3.8) is 0 Å². The summed E-state index contributed by atoms with van der Waals surface area (Å²) in [5.41, 5.74) is 0. The Morgan fingerprint density at radius 2 is 1.73 bits per heavy atom. The van der Waals surface area contributed by atoms with Gasteiger partial charge in [0.25, 0.3) is 0 Å². The van der Waals surface area contributed by atoms with Gasteiger partial charge in [0.1, 0.15) is 0 Å². The van der Waals surface area contributed by atoms with Gasteiger partial charge < -0.3 is 0 Å². The van der Waals surface area contributed by atoms with E-state index in [1.54, 1.807) is 19.3 Å². The van der Waals surface area contributed by atoms with Crippen LogP contribution in [-0.2, 0) is 0 Å². The lowest BCUT2D eigenvalue weighted by Gasteiger charge is -2.43. The van der Waals surface area contributed by atoms with E-state index in [0.29, 0.717) is 0 Å². The molecule has 0 radical (unpaired) electrons. The summed E-state index contributed by atoms with van der Waals surface area (Å²) < 4.78 is 0. The van der Waals surface area contributed by atoms with Gasteiger partial charge in [0, 0.05) is 0 Å². The fourth-order valence-electron chi connectivity index (χ4n) is 5.68. The molecule has 0 aromatic rings. The number of allylic oxidation sites excluding steroid dienone is 2. The zero-order valence-corrected chi connectivity index (χ0v) is 9.73. The van der Waals surface area contributed by atoms with Crippen LogP contribution in [0.3, 0.4) is 0 Å². The third-order valence-corrected chi connectivity index (χ3v) is 6.17. The summed E-state index contributed by atoms with van der Waals surface area (Å²) in [5.74, 6) is 7.64. The highest BCUT2D eigenvalue weighted by Crippen LogP contribution is 2.65. The molecule has 4 aliphatic carbocycles. The summed E-state index contributed by atoms with van der Waals surface area (Å²) in [6.07, 6.45) is 12.7. The normalized spacial score (nSPS) is 60.7. The molecule has 0 spiro atoms. The van der Waals surface area contributed by atoms with Gasteiger partial charge in [-0.15, -0.1) is 0 Å². The molecule has 2 bridgehead atoms. The summed E-state index contributed by atoms with van der Waals surface area (Å²) in [6.45, 7) is 2.48. The molecule has 0 N–H and O–H groups in total. The third-order valence-electron chi connectivity index (χ3n) is 6.17. The van der Waals surface area contributed by atoms with Gasteiger partial charge in [-0.3, -0.25) is 0 Å². The molecule has 7 atom stereocenters. The van der Waals surface area contributed by atoms with Crippen molar-refractivity contribution in [2.75, 3.05) is 0 Å². The first-order valence-electron chi connectivity index (χ1n) is 7.01. The van der Waals surface area contributed by atoms with Gasteiger partial charge in [-0.1, -0.05) is 25.5 Å². The van der Waals surface area contributed by atoms with Crippen LogP contribution in [0.2, 0.25) is 0 Å². The van der Waals surface area contributed by atoms with Gasteiger partial charge in [0.05, 0.1) is 0 Å². The quantitative estimate of drug-likeness (QED) is 0.523. The summed E-state index contributed by atoms with van der Waals surface area (Å²) in [4.78, 5) is 0. The smallest absolute Gasteiger partial charge is 0.0168 e.